The van der Waals surface area contributed by atoms with Gasteiger partial charge in [-0.1, -0.05) is 6.92 Å². The van der Waals surface area contributed by atoms with Crippen molar-refractivity contribution in [3.63, 3.8) is 0 Å². The van der Waals surface area contributed by atoms with Crippen LogP contribution < -0.4 is 0 Å². The number of carbonyl (C=O) groups is 1. The molecule has 0 aliphatic carbocycles. The number of rotatable bonds is 5. The van der Waals surface area contributed by atoms with Crippen LogP contribution in [-0.4, -0.2) is 49.3 Å². The van der Waals surface area contributed by atoms with E-state index in [4.69, 9.17) is 9.84 Å². The summed E-state index contributed by atoms with van der Waals surface area (Å²) >= 11 is 0. The second-order valence-electron chi connectivity index (χ2n) is 4.10. The predicted octanol–water partition coefficient (Wildman–Crippen LogP) is 0.675. The molecular formula is C10H19NO3. The smallest absolute Gasteiger partial charge is 0.304 e. The number of hydrogen-bond acceptors (Lipinski definition) is 3. The minimum Gasteiger partial charge on any atom is -0.481 e. The van der Waals surface area contributed by atoms with E-state index >= 15 is 0 Å². The van der Waals surface area contributed by atoms with Gasteiger partial charge in [0.25, 0.3) is 0 Å². The number of methoxy groups -OCH3 is 1. The van der Waals surface area contributed by atoms with Crippen molar-refractivity contribution in [1.29, 1.82) is 0 Å². The average molecular weight is 201 g/mol. The zero-order chi connectivity index (χ0) is 10.6. The maximum atomic E-state index is 10.4. The number of carboxylic acid groups (broad SMARTS) is 1. The molecule has 0 spiro atoms. The summed E-state index contributed by atoms with van der Waals surface area (Å²) in [5.74, 6) is 0.463. The Hall–Kier alpha value is -0.610. The topological polar surface area (TPSA) is 49.8 Å². The van der Waals surface area contributed by atoms with E-state index in [2.05, 4.69) is 11.8 Å². The van der Waals surface area contributed by atoms with Gasteiger partial charge in [0.15, 0.2) is 0 Å². The van der Waals surface area contributed by atoms with Crippen molar-refractivity contribution in [3.8, 4) is 0 Å². The highest BCUT2D eigenvalue weighted by atomic mass is 16.5. The largest absolute Gasteiger partial charge is 0.481 e. The molecule has 82 valence electrons. The first-order chi connectivity index (χ1) is 6.63. The van der Waals surface area contributed by atoms with Crippen LogP contribution in [-0.2, 0) is 9.53 Å². The number of hydrogen-bond donors (Lipinski definition) is 1. The summed E-state index contributed by atoms with van der Waals surface area (Å²) in [6.07, 6.45) is 0.242. The van der Waals surface area contributed by atoms with Crippen molar-refractivity contribution in [3.05, 3.63) is 0 Å². The van der Waals surface area contributed by atoms with Crippen LogP contribution in [0.5, 0.6) is 0 Å². The first-order valence-corrected chi connectivity index (χ1v) is 5.06. The highest BCUT2D eigenvalue weighted by molar-refractivity contribution is 5.66. The van der Waals surface area contributed by atoms with Gasteiger partial charge in [0.05, 0.1) is 13.0 Å². The Balaban J connectivity index is 2.27. The van der Waals surface area contributed by atoms with E-state index in [1.54, 1.807) is 7.11 Å². The molecule has 4 nitrogen and oxygen atoms in total. The quantitative estimate of drug-likeness (QED) is 0.710. The summed E-state index contributed by atoms with van der Waals surface area (Å²) < 4.78 is 5.13. The molecule has 14 heavy (non-hydrogen) atoms. The molecule has 1 heterocycles. The van der Waals surface area contributed by atoms with Gasteiger partial charge in [-0.15, -0.1) is 0 Å². The third-order valence-electron chi connectivity index (χ3n) is 2.87. The Kier molecular flexibility index (Phi) is 4.35. The Morgan fingerprint density at radius 1 is 1.57 bits per heavy atom. The summed E-state index contributed by atoms with van der Waals surface area (Å²) in [6, 6.07) is 0. The standard InChI is InChI=1S/C10H19NO3/c1-8-5-11(4-3-10(12)13)6-9(8)7-14-2/h8-9H,3-7H2,1-2H3,(H,12,13)/t8-,9-/m1/s1. The molecule has 0 aromatic heterocycles. The fraction of sp³-hybridized carbons (Fsp3) is 0.900. The third kappa shape index (κ3) is 3.27. The molecule has 1 saturated heterocycles. The van der Waals surface area contributed by atoms with Gasteiger partial charge in [0.1, 0.15) is 0 Å². The van der Waals surface area contributed by atoms with E-state index < -0.39 is 5.97 Å². The molecule has 0 amide bonds. The highest BCUT2D eigenvalue weighted by Gasteiger charge is 2.29. The first kappa shape index (κ1) is 11.5. The van der Waals surface area contributed by atoms with Crippen LogP contribution >= 0.6 is 0 Å². The van der Waals surface area contributed by atoms with Crippen LogP contribution in [0.15, 0.2) is 0 Å². The number of likely N-dealkylation sites (tertiary alicyclic amines) is 1. The van der Waals surface area contributed by atoms with E-state index in [-0.39, 0.29) is 6.42 Å². The monoisotopic (exact) mass is 201 g/mol. The molecule has 1 N–H and O–H groups in total. The molecule has 1 aliphatic rings. The molecule has 0 radical (unpaired) electrons. The van der Waals surface area contributed by atoms with Gasteiger partial charge in [-0.05, 0) is 11.8 Å². The summed E-state index contributed by atoms with van der Waals surface area (Å²) in [6.45, 7) is 5.62. The van der Waals surface area contributed by atoms with E-state index in [9.17, 15) is 4.79 Å². The van der Waals surface area contributed by atoms with Gasteiger partial charge in [-0.25, -0.2) is 0 Å². The molecule has 0 bridgehead atoms. The Morgan fingerprint density at radius 2 is 2.29 bits per heavy atom. The lowest BCUT2D eigenvalue weighted by molar-refractivity contribution is -0.137. The lowest BCUT2D eigenvalue weighted by Gasteiger charge is -2.13. The van der Waals surface area contributed by atoms with E-state index in [0.717, 1.165) is 19.7 Å². The van der Waals surface area contributed by atoms with Crippen LogP contribution in [0.25, 0.3) is 0 Å². The van der Waals surface area contributed by atoms with Crippen molar-refractivity contribution in [1.82, 2.24) is 4.90 Å². The molecule has 0 saturated carbocycles. The molecule has 2 atom stereocenters. The van der Waals surface area contributed by atoms with Crippen LogP contribution in [0.4, 0.5) is 0 Å². The lowest BCUT2D eigenvalue weighted by Crippen LogP contribution is -2.24. The van der Waals surface area contributed by atoms with Crippen molar-refractivity contribution in [2.75, 3.05) is 33.4 Å². The maximum absolute atomic E-state index is 10.4. The van der Waals surface area contributed by atoms with Crippen LogP contribution in [0.2, 0.25) is 0 Å². The molecular weight excluding hydrogens is 182 g/mol. The zero-order valence-corrected chi connectivity index (χ0v) is 8.90. The second kappa shape index (κ2) is 5.32. The summed E-state index contributed by atoms with van der Waals surface area (Å²) in [5, 5.41) is 8.56. The predicted molar refractivity (Wildman–Crippen MR) is 53.2 cm³/mol. The SMILES string of the molecule is COC[C@H]1CN(CCC(=O)O)C[C@H]1C. The molecule has 4 heteroatoms. The second-order valence-corrected chi connectivity index (χ2v) is 4.10. The van der Waals surface area contributed by atoms with Gasteiger partial charge < -0.3 is 14.7 Å². The van der Waals surface area contributed by atoms with Crippen LogP contribution in [0, 0.1) is 11.8 Å². The van der Waals surface area contributed by atoms with Gasteiger partial charge >= 0.3 is 5.97 Å². The number of aliphatic carboxylic acids is 1. The van der Waals surface area contributed by atoms with Crippen LogP contribution in [0.3, 0.4) is 0 Å². The van der Waals surface area contributed by atoms with Crippen LogP contribution in [0.1, 0.15) is 13.3 Å². The fourth-order valence-corrected chi connectivity index (χ4v) is 2.01. The maximum Gasteiger partial charge on any atom is 0.304 e. The molecule has 1 fully saturated rings. The fourth-order valence-electron chi connectivity index (χ4n) is 2.01. The van der Waals surface area contributed by atoms with E-state index in [0.29, 0.717) is 18.4 Å². The summed E-state index contributed by atoms with van der Waals surface area (Å²) in [5.41, 5.74) is 0. The summed E-state index contributed by atoms with van der Waals surface area (Å²) in [7, 11) is 1.71. The van der Waals surface area contributed by atoms with Gasteiger partial charge in [-0.2, -0.15) is 0 Å². The normalized spacial score (nSPS) is 28.1. The third-order valence-corrected chi connectivity index (χ3v) is 2.87. The Morgan fingerprint density at radius 3 is 2.86 bits per heavy atom. The van der Waals surface area contributed by atoms with Crippen molar-refractivity contribution < 1.29 is 14.6 Å². The van der Waals surface area contributed by atoms with Crippen molar-refractivity contribution >= 4 is 5.97 Å². The summed E-state index contributed by atoms with van der Waals surface area (Å²) in [4.78, 5) is 12.6. The average Bonchev–Trinajstić information content (AvgIpc) is 2.45. The van der Waals surface area contributed by atoms with Gasteiger partial charge in [0, 0.05) is 26.7 Å². The number of ether oxygens (including phenoxy) is 1. The highest BCUT2D eigenvalue weighted by Crippen LogP contribution is 2.22. The molecule has 0 aromatic carbocycles. The molecule has 1 rings (SSSR count). The zero-order valence-electron chi connectivity index (χ0n) is 8.90. The van der Waals surface area contributed by atoms with Gasteiger partial charge in [-0.3, -0.25) is 4.79 Å². The minimum atomic E-state index is -0.715. The van der Waals surface area contributed by atoms with Crippen molar-refractivity contribution in [2.24, 2.45) is 11.8 Å². The molecule has 1 aliphatic heterocycles. The van der Waals surface area contributed by atoms with E-state index in [1.807, 2.05) is 0 Å². The molecule has 0 aromatic rings. The lowest BCUT2D eigenvalue weighted by atomic mass is 10.00. The number of nitrogens with zero attached hydrogens (tertiary/aromatic N) is 1. The Labute approximate surface area is 84.8 Å². The Bertz CT molecular complexity index is 196. The van der Waals surface area contributed by atoms with Gasteiger partial charge in [0.2, 0.25) is 0 Å². The van der Waals surface area contributed by atoms with E-state index in [1.165, 1.54) is 0 Å². The van der Waals surface area contributed by atoms with Crippen molar-refractivity contribution in [2.45, 2.75) is 13.3 Å². The number of carboxylic acids is 1. The molecule has 0 unspecified atom stereocenters. The minimum absolute atomic E-state index is 0.242. The first-order valence-electron chi connectivity index (χ1n) is 5.06.